The largest absolute Gasteiger partial charge is 0.393 e. The van der Waals surface area contributed by atoms with E-state index in [-0.39, 0.29) is 6.10 Å². The molecule has 0 radical (unpaired) electrons. The molecule has 3 heterocycles. The molecule has 0 aromatic carbocycles. The molecular weight excluding hydrogens is 240 g/mol. The second-order valence-electron chi connectivity index (χ2n) is 5.06. The molecule has 1 saturated heterocycles. The van der Waals surface area contributed by atoms with Crippen molar-refractivity contribution in [3.05, 3.63) is 30.1 Å². The van der Waals surface area contributed by atoms with E-state index in [0.717, 1.165) is 43.9 Å². The van der Waals surface area contributed by atoms with Gasteiger partial charge in [-0.2, -0.15) is 0 Å². The maximum atomic E-state index is 9.62. The number of pyridine rings is 1. The van der Waals surface area contributed by atoms with Crippen LogP contribution in [0.5, 0.6) is 0 Å². The van der Waals surface area contributed by atoms with Gasteiger partial charge in [-0.05, 0) is 32.0 Å². The molecule has 5 heteroatoms. The summed E-state index contributed by atoms with van der Waals surface area (Å²) < 4.78 is 2.14. The Morgan fingerprint density at radius 1 is 1.37 bits per heavy atom. The summed E-state index contributed by atoms with van der Waals surface area (Å²) in [6.07, 6.45) is 3.55. The van der Waals surface area contributed by atoms with E-state index in [1.54, 1.807) is 0 Å². The molecule has 2 N–H and O–H groups in total. The fraction of sp³-hybridized carbons (Fsp3) is 0.500. The number of aliphatic hydroxyl groups excluding tert-OH is 1. The number of aromatic nitrogens is 2. The minimum Gasteiger partial charge on any atom is -0.393 e. The second-order valence-corrected chi connectivity index (χ2v) is 5.06. The smallest absolute Gasteiger partial charge is 0.152 e. The molecule has 0 amide bonds. The van der Waals surface area contributed by atoms with Gasteiger partial charge in [-0.25, -0.2) is 4.98 Å². The zero-order valence-corrected chi connectivity index (χ0v) is 11.2. The Morgan fingerprint density at radius 2 is 2.16 bits per heavy atom. The van der Waals surface area contributed by atoms with Crippen LogP contribution in [0, 0.1) is 0 Å². The SMILES string of the molecule is CNCc1c(N2CCC(O)CC2)nc2ccccn12. The van der Waals surface area contributed by atoms with Crippen molar-refractivity contribution in [2.24, 2.45) is 0 Å². The van der Waals surface area contributed by atoms with Gasteiger partial charge in [0.1, 0.15) is 5.65 Å². The lowest BCUT2D eigenvalue weighted by Gasteiger charge is -2.30. The van der Waals surface area contributed by atoms with Crippen LogP contribution >= 0.6 is 0 Å². The van der Waals surface area contributed by atoms with Gasteiger partial charge in [-0.15, -0.1) is 0 Å². The average Bonchev–Trinajstić information content (AvgIpc) is 2.79. The van der Waals surface area contributed by atoms with Gasteiger partial charge in [0, 0.05) is 25.8 Å². The lowest BCUT2D eigenvalue weighted by atomic mass is 10.1. The van der Waals surface area contributed by atoms with Gasteiger partial charge in [-0.1, -0.05) is 6.07 Å². The van der Waals surface area contributed by atoms with Gasteiger partial charge in [0.25, 0.3) is 0 Å². The number of nitrogens with zero attached hydrogens (tertiary/aromatic N) is 3. The Hall–Kier alpha value is -1.59. The Labute approximate surface area is 112 Å². The minimum absolute atomic E-state index is 0.152. The van der Waals surface area contributed by atoms with Gasteiger partial charge in [-0.3, -0.25) is 0 Å². The maximum Gasteiger partial charge on any atom is 0.152 e. The summed E-state index contributed by atoms with van der Waals surface area (Å²) in [5.41, 5.74) is 2.17. The first kappa shape index (κ1) is 12.4. The number of rotatable bonds is 3. The number of hydrogen-bond acceptors (Lipinski definition) is 4. The van der Waals surface area contributed by atoms with Crippen LogP contribution in [0.4, 0.5) is 5.82 Å². The van der Waals surface area contributed by atoms with E-state index in [2.05, 4.69) is 20.8 Å². The second kappa shape index (κ2) is 5.19. The Kier molecular flexibility index (Phi) is 3.40. The molecule has 3 rings (SSSR count). The predicted molar refractivity (Wildman–Crippen MR) is 75.4 cm³/mol. The quantitative estimate of drug-likeness (QED) is 0.865. The summed E-state index contributed by atoms with van der Waals surface area (Å²) in [6.45, 7) is 2.54. The Balaban J connectivity index is 1.99. The molecule has 5 nitrogen and oxygen atoms in total. The standard InChI is InChI=1S/C14H20N4O/c1-15-10-12-14(17-8-5-11(19)6-9-17)16-13-4-2-3-7-18(12)13/h2-4,7,11,15,19H,5-6,8-10H2,1H3. The maximum absolute atomic E-state index is 9.62. The number of anilines is 1. The van der Waals surface area contributed by atoms with Crippen LogP contribution in [0.1, 0.15) is 18.5 Å². The first-order valence-electron chi connectivity index (χ1n) is 6.83. The van der Waals surface area contributed by atoms with Crippen molar-refractivity contribution < 1.29 is 5.11 Å². The summed E-state index contributed by atoms with van der Waals surface area (Å²) in [7, 11) is 1.95. The normalized spacial score (nSPS) is 17.3. The zero-order valence-electron chi connectivity index (χ0n) is 11.2. The fourth-order valence-electron chi connectivity index (χ4n) is 2.70. The summed E-state index contributed by atoms with van der Waals surface area (Å²) in [4.78, 5) is 7.03. The molecule has 1 fully saturated rings. The molecule has 2 aromatic rings. The molecule has 102 valence electrons. The van der Waals surface area contributed by atoms with E-state index in [9.17, 15) is 5.11 Å². The highest BCUT2D eigenvalue weighted by molar-refractivity contribution is 5.56. The van der Waals surface area contributed by atoms with E-state index in [1.807, 2.05) is 25.2 Å². The molecule has 0 unspecified atom stereocenters. The van der Waals surface area contributed by atoms with Gasteiger partial charge >= 0.3 is 0 Å². The number of piperidine rings is 1. The number of hydrogen-bond donors (Lipinski definition) is 2. The monoisotopic (exact) mass is 260 g/mol. The van der Waals surface area contributed by atoms with Crippen LogP contribution in [-0.4, -0.2) is 40.7 Å². The summed E-state index contributed by atoms with van der Waals surface area (Å²) in [5.74, 6) is 1.05. The van der Waals surface area contributed by atoms with Crippen molar-refractivity contribution in [2.75, 3.05) is 25.0 Å². The van der Waals surface area contributed by atoms with E-state index in [1.165, 1.54) is 5.69 Å². The molecule has 1 aliphatic rings. The number of aliphatic hydroxyl groups is 1. The van der Waals surface area contributed by atoms with Gasteiger partial charge in [0.05, 0.1) is 11.8 Å². The number of nitrogens with one attached hydrogen (secondary N) is 1. The average molecular weight is 260 g/mol. The summed E-state index contributed by atoms with van der Waals surface area (Å²) in [5, 5.41) is 12.8. The molecule has 0 aliphatic carbocycles. The molecule has 19 heavy (non-hydrogen) atoms. The molecule has 2 aromatic heterocycles. The van der Waals surface area contributed by atoms with Crippen molar-refractivity contribution in [2.45, 2.75) is 25.5 Å². The van der Waals surface area contributed by atoms with Gasteiger partial charge in [0.2, 0.25) is 0 Å². The van der Waals surface area contributed by atoms with E-state index in [4.69, 9.17) is 4.98 Å². The van der Waals surface area contributed by atoms with Crippen LogP contribution < -0.4 is 10.2 Å². The summed E-state index contributed by atoms with van der Waals surface area (Å²) >= 11 is 0. The minimum atomic E-state index is -0.152. The highest BCUT2D eigenvalue weighted by Gasteiger charge is 2.22. The first-order chi connectivity index (χ1) is 9.29. The lowest BCUT2D eigenvalue weighted by molar-refractivity contribution is 0.145. The van der Waals surface area contributed by atoms with Crippen molar-refractivity contribution >= 4 is 11.5 Å². The number of imidazole rings is 1. The van der Waals surface area contributed by atoms with Crippen LogP contribution in [0.15, 0.2) is 24.4 Å². The Bertz CT molecular complexity index is 558. The highest BCUT2D eigenvalue weighted by Crippen LogP contribution is 2.24. The molecular formula is C14H20N4O. The molecule has 0 atom stereocenters. The third-order valence-corrected chi connectivity index (χ3v) is 3.72. The Morgan fingerprint density at radius 3 is 2.89 bits per heavy atom. The van der Waals surface area contributed by atoms with Crippen molar-refractivity contribution in [3.8, 4) is 0 Å². The topological polar surface area (TPSA) is 52.8 Å². The van der Waals surface area contributed by atoms with E-state index < -0.39 is 0 Å². The van der Waals surface area contributed by atoms with Crippen LogP contribution in [0.25, 0.3) is 5.65 Å². The molecule has 0 bridgehead atoms. The lowest BCUT2D eigenvalue weighted by Crippen LogP contribution is -2.36. The summed E-state index contributed by atoms with van der Waals surface area (Å²) in [6, 6.07) is 6.06. The van der Waals surface area contributed by atoms with Gasteiger partial charge < -0.3 is 19.7 Å². The fourth-order valence-corrected chi connectivity index (χ4v) is 2.70. The molecule has 1 aliphatic heterocycles. The van der Waals surface area contributed by atoms with E-state index in [0.29, 0.717) is 0 Å². The molecule has 0 saturated carbocycles. The zero-order chi connectivity index (χ0) is 13.2. The highest BCUT2D eigenvalue weighted by atomic mass is 16.3. The van der Waals surface area contributed by atoms with Crippen molar-refractivity contribution in [3.63, 3.8) is 0 Å². The third kappa shape index (κ3) is 2.31. The van der Waals surface area contributed by atoms with Crippen LogP contribution in [0.2, 0.25) is 0 Å². The molecule has 0 spiro atoms. The number of fused-ring (bicyclic) bond motifs is 1. The third-order valence-electron chi connectivity index (χ3n) is 3.72. The van der Waals surface area contributed by atoms with Crippen LogP contribution in [0.3, 0.4) is 0 Å². The van der Waals surface area contributed by atoms with Gasteiger partial charge in [0.15, 0.2) is 5.82 Å². The van der Waals surface area contributed by atoms with E-state index >= 15 is 0 Å². The van der Waals surface area contributed by atoms with Crippen molar-refractivity contribution in [1.29, 1.82) is 0 Å². The predicted octanol–water partition coefficient (Wildman–Crippen LogP) is 1.01. The first-order valence-corrected chi connectivity index (χ1v) is 6.83. The van der Waals surface area contributed by atoms with Crippen LogP contribution in [-0.2, 0) is 6.54 Å². The van der Waals surface area contributed by atoms with Crippen molar-refractivity contribution in [1.82, 2.24) is 14.7 Å².